The molecule has 1 amide bonds. The average Bonchev–Trinajstić information content (AvgIpc) is 3.14. The van der Waals surface area contributed by atoms with Crippen LogP contribution in [0.15, 0.2) is 46.0 Å². The molecule has 9 heteroatoms. The van der Waals surface area contributed by atoms with Crippen molar-refractivity contribution in [2.75, 3.05) is 13.6 Å². The van der Waals surface area contributed by atoms with Crippen molar-refractivity contribution >= 4 is 33.2 Å². The Bertz CT molecular complexity index is 924. The van der Waals surface area contributed by atoms with E-state index in [1.54, 1.807) is 11.4 Å². The van der Waals surface area contributed by atoms with Crippen LogP contribution in [-0.4, -0.2) is 54.2 Å². The first-order chi connectivity index (χ1) is 12.3. The Morgan fingerprint density at radius 3 is 2.54 bits per heavy atom. The lowest BCUT2D eigenvalue weighted by Gasteiger charge is -2.36. The molecule has 0 saturated carbocycles. The molecule has 1 atom stereocenters. The summed E-state index contributed by atoms with van der Waals surface area (Å²) in [6.07, 6.45) is 0.212. The van der Waals surface area contributed by atoms with Crippen LogP contribution in [0, 0.1) is 0 Å². The van der Waals surface area contributed by atoms with Crippen molar-refractivity contribution in [3.05, 3.63) is 52.9 Å². The minimum Gasteiger partial charge on any atom is -0.480 e. The number of hydrogen-bond acceptors (Lipinski definition) is 5. The standard InChI is InChI=1S/C17H18N2O5S2/c1-18(11-15(20)21)17(22)14-9-12-5-2-3-6-13(12)10-19(14)26(23,24)16-7-4-8-25-16/h2-8,14H,9-11H2,1H3,(H,20,21). The van der Waals surface area contributed by atoms with Crippen molar-refractivity contribution in [2.45, 2.75) is 23.2 Å². The summed E-state index contributed by atoms with van der Waals surface area (Å²) in [5, 5.41) is 10.6. The summed E-state index contributed by atoms with van der Waals surface area (Å²) in [7, 11) is -2.49. The summed E-state index contributed by atoms with van der Waals surface area (Å²) in [5.74, 6) is -1.67. The quantitative estimate of drug-likeness (QED) is 0.827. The Morgan fingerprint density at radius 2 is 1.92 bits per heavy atom. The zero-order valence-corrected chi connectivity index (χ0v) is 15.7. The lowest BCUT2D eigenvalue weighted by Crippen LogP contribution is -2.53. The first kappa shape index (κ1) is 18.6. The number of carbonyl (C=O) groups is 2. The lowest BCUT2D eigenvalue weighted by molar-refractivity contribution is -0.145. The molecule has 0 saturated heterocycles. The van der Waals surface area contributed by atoms with Gasteiger partial charge in [0, 0.05) is 13.6 Å². The predicted molar refractivity (Wildman–Crippen MR) is 96.3 cm³/mol. The van der Waals surface area contributed by atoms with E-state index >= 15 is 0 Å². The Kier molecular flexibility index (Phi) is 5.12. The molecule has 1 aromatic heterocycles. The van der Waals surface area contributed by atoms with Crippen molar-refractivity contribution in [1.82, 2.24) is 9.21 Å². The van der Waals surface area contributed by atoms with E-state index in [2.05, 4.69) is 0 Å². The molecule has 138 valence electrons. The maximum Gasteiger partial charge on any atom is 0.323 e. The highest BCUT2D eigenvalue weighted by Gasteiger charge is 2.41. The summed E-state index contributed by atoms with van der Waals surface area (Å²) in [6, 6.07) is 9.54. The van der Waals surface area contributed by atoms with Gasteiger partial charge in [0.2, 0.25) is 5.91 Å². The summed E-state index contributed by atoms with van der Waals surface area (Å²) in [6.45, 7) is -0.405. The van der Waals surface area contributed by atoms with Gasteiger partial charge in [-0.15, -0.1) is 11.3 Å². The van der Waals surface area contributed by atoms with E-state index in [1.807, 2.05) is 24.3 Å². The average molecular weight is 394 g/mol. The van der Waals surface area contributed by atoms with E-state index in [0.29, 0.717) is 0 Å². The van der Waals surface area contributed by atoms with E-state index in [9.17, 15) is 18.0 Å². The molecular weight excluding hydrogens is 376 g/mol. The minimum atomic E-state index is -3.86. The molecule has 7 nitrogen and oxygen atoms in total. The van der Waals surface area contributed by atoms with Crippen LogP contribution in [-0.2, 0) is 32.6 Å². The van der Waals surface area contributed by atoms with Crippen molar-refractivity contribution in [3.8, 4) is 0 Å². The van der Waals surface area contributed by atoms with Gasteiger partial charge in [0.05, 0.1) is 0 Å². The van der Waals surface area contributed by atoms with Crippen LogP contribution in [0.25, 0.3) is 0 Å². The van der Waals surface area contributed by atoms with Gasteiger partial charge in [0.25, 0.3) is 10.0 Å². The number of likely N-dealkylation sites (N-methyl/N-ethyl adjacent to an activating group) is 1. The number of carbonyl (C=O) groups excluding carboxylic acids is 1. The number of carboxylic acid groups (broad SMARTS) is 1. The summed E-state index contributed by atoms with van der Waals surface area (Å²) >= 11 is 1.09. The molecule has 2 heterocycles. The van der Waals surface area contributed by atoms with Crippen LogP contribution in [0.5, 0.6) is 0 Å². The van der Waals surface area contributed by atoms with Crippen LogP contribution >= 0.6 is 11.3 Å². The van der Waals surface area contributed by atoms with Crippen molar-refractivity contribution in [2.24, 2.45) is 0 Å². The lowest BCUT2D eigenvalue weighted by atomic mass is 9.95. The van der Waals surface area contributed by atoms with Crippen LogP contribution in [0.3, 0.4) is 0 Å². The number of fused-ring (bicyclic) bond motifs is 1. The minimum absolute atomic E-state index is 0.0771. The Morgan fingerprint density at radius 1 is 1.23 bits per heavy atom. The van der Waals surface area contributed by atoms with E-state index in [-0.39, 0.29) is 17.2 Å². The summed E-state index contributed by atoms with van der Waals surface area (Å²) in [4.78, 5) is 24.8. The summed E-state index contributed by atoms with van der Waals surface area (Å²) < 4.78 is 27.5. The second-order valence-electron chi connectivity index (χ2n) is 6.06. The van der Waals surface area contributed by atoms with Crippen LogP contribution in [0.2, 0.25) is 0 Å². The van der Waals surface area contributed by atoms with Crippen LogP contribution in [0.4, 0.5) is 0 Å². The second kappa shape index (κ2) is 7.18. The first-order valence-corrected chi connectivity index (χ1v) is 10.2. The fourth-order valence-corrected chi connectivity index (χ4v) is 5.70. The van der Waals surface area contributed by atoms with Gasteiger partial charge >= 0.3 is 5.97 Å². The van der Waals surface area contributed by atoms with Crippen LogP contribution in [0.1, 0.15) is 11.1 Å². The molecule has 2 aromatic rings. The molecule has 26 heavy (non-hydrogen) atoms. The van der Waals surface area contributed by atoms with E-state index in [1.165, 1.54) is 17.4 Å². The predicted octanol–water partition coefficient (Wildman–Crippen LogP) is 1.41. The van der Waals surface area contributed by atoms with Gasteiger partial charge in [-0.25, -0.2) is 8.42 Å². The number of hydrogen-bond donors (Lipinski definition) is 1. The molecular formula is C17H18N2O5S2. The number of carboxylic acids is 1. The number of rotatable bonds is 5. The summed E-state index contributed by atoms with van der Waals surface area (Å²) in [5.41, 5.74) is 1.74. The third-order valence-electron chi connectivity index (χ3n) is 4.30. The number of thiophene rings is 1. The molecule has 0 fully saturated rings. The van der Waals surface area contributed by atoms with Crippen LogP contribution < -0.4 is 0 Å². The fraction of sp³-hybridized carbons (Fsp3) is 0.294. The van der Waals surface area contributed by atoms with Gasteiger partial charge in [0.15, 0.2) is 0 Å². The van der Waals surface area contributed by atoms with Crippen molar-refractivity contribution < 1.29 is 23.1 Å². The molecule has 0 radical (unpaired) electrons. The Balaban J connectivity index is 2.01. The number of nitrogens with zero attached hydrogens (tertiary/aromatic N) is 2. The molecule has 0 aliphatic carbocycles. The maximum atomic E-state index is 13.1. The van der Waals surface area contributed by atoms with E-state index < -0.39 is 34.5 Å². The highest BCUT2D eigenvalue weighted by molar-refractivity contribution is 7.91. The zero-order chi connectivity index (χ0) is 18.9. The maximum absolute atomic E-state index is 13.1. The molecule has 1 aromatic carbocycles. The van der Waals surface area contributed by atoms with Gasteiger partial charge in [-0.3, -0.25) is 9.59 Å². The highest BCUT2D eigenvalue weighted by atomic mass is 32.2. The normalized spacial score (nSPS) is 17.5. The van der Waals surface area contributed by atoms with Gasteiger partial charge < -0.3 is 10.0 Å². The molecule has 0 bridgehead atoms. The number of amides is 1. The topological polar surface area (TPSA) is 95.0 Å². The second-order valence-corrected chi connectivity index (χ2v) is 9.12. The molecule has 0 spiro atoms. The number of aliphatic carboxylic acids is 1. The SMILES string of the molecule is CN(CC(=O)O)C(=O)C1Cc2ccccc2CN1S(=O)(=O)c1cccs1. The third kappa shape index (κ3) is 3.50. The smallest absolute Gasteiger partial charge is 0.323 e. The van der Waals surface area contributed by atoms with Gasteiger partial charge in [-0.2, -0.15) is 4.31 Å². The molecule has 1 unspecified atom stereocenters. The van der Waals surface area contributed by atoms with Crippen molar-refractivity contribution in [3.63, 3.8) is 0 Å². The zero-order valence-electron chi connectivity index (χ0n) is 14.0. The Hall–Kier alpha value is -2.23. The van der Waals surface area contributed by atoms with Crippen molar-refractivity contribution in [1.29, 1.82) is 0 Å². The molecule has 1 aliphatic rings. The number of sulfonamides is 1. The van der Waals surface area contributed by atoms with E-state index in [4.69, 9.17) is 5.11 Å². The monoisotopic (exact) mass is 394 g/mol. The van der Waals surface area contributed by atoms with Gasteiger partial charge in [-0.05, 0) is 29.0 Å². The number of benzene rings is 1. The Labute approximate surface area is 155 Å². The fourth-order valence-electron chi connectivity index (χ4n) is 3.02. The molecule has 1 aliphatic heterocycles. The largest absolute Gasteiger partial charge is 0.480 e. The van der Waals surface area contributed by atoms with Gasteiger partial charge in [0.1, 0.15) is 16.8 Å². The van der Waals surface area contributed by atoms with E-state index in [0.717, 1.165) is 27.4 Å². The molecule has 1 N–H and O–H groups in total. The third-order valence-corrected chi connectivity index (χ3v) is 7.52. The van der Waals surface area contributed by atoms with Gasteiger partial charge in [-0.1, -0.05) is 30.3 Å². The first-order valence-electron chi connectivity index (χ1n) is 7.89. The molecule has 3 rings (SSSR count). The highest BCUT2D eigenvalue weighted by Crippen LogP contribution is 2.31.